The van der Waals surface area contributed by atoms with Gasteiger partial charge < -0.3 is 9.84 Å². The van der Waals surface area contributed by atoms with Crippen molar-refractivity contribution in [3.05, 3.63) is 64.5 Å². The van der Waals surface area contributed by atoms with E-state index in [2.05, 4.69) is 37.7 Å². The molecule has 0 radical (unpaired) electrons. The fourth-order valence-corrected chi connectivity index (χ4v) is 5.03. The van der Waals surface area contributed by atoms with E-state index in [9.17, 15) is 9.50 Å². The molecule has 0 amide bonds. The molecule has 0 fully saturated rings. The molecule has 2 aromatic rings. The summed E-state index contributed by atoms with van der Waals surface area (Å²) < 4.78 is 19.5. The Bertz CT molecular complexity index is 1060. The summed E-state index contributed by atoms with van der Waals surface area (Å²) in [5, 5.41) is 11.0. The van der Waals surface area contributed by atoms with Gasteiger partial charge >= 0.3 is 0 Å². The van der Waals surface area contributed by atoms with Crippen molar-refractivity contribution < 1.29 is 14.2 Å². The molecule has 2 heterocycles. The van der Waals surface area contributed by atoms with Gasteiger partial charge in [0.2, 0.25) is 0 Å². The summed E-state index contributed by atoms with van der Waals surface area (Å²) in [6, 6.07) is 10.7. The molecule has 4 rings (SSSR count). The summed E-state index contributed by atoms with van der Waals surface area (Å²) in [4.78, 5) is 2.25. The van der Waals surface area contributed by atoms with Gasteiger partial charge in [0.05, 0.1) is 12.1 Å². The van der Waals surface area contributed by atoms with Gasteiger partial charge in [0, 0.05) is 13.1 Å². The fraction of sp³-hybridized carbons (Fsp3) is 0.429. The Kier molecular flexibility index (Phi) is 6.31. The highest BCUT2D eigenvalue weighted by atomic mass is 19.1. The molecule has 2 aromatic carbocycles. The molecule has 1 atom stereocenters. The molecule has 32 heavy (non-hydrogen) atoms. The second kappa shape index (κ2) is 9.00. The van der Waals surface area contributed by atoms with E-state index < -0.39 is 5.60 Å². The molecule has 2 aliphatic rings. The van der Waals surface area contributed by atoms with Crippen molar-refractivity contribution in [3.8, 4) is 23.8 Å². The van der Waals surface area contributed by atoms with E-state index in [1.165, 1.54) is 17.7 Å². The lowest BCUT2D eigenvalue weighted by Crippen LogP contribution is -2.42. The Morgan fingerprint density at radius 3 is 2.72 bits per heavy atom. The third-order valence-electron chi connectivity index (χ3n) is 6.82. The Morgan fingerprint density at radius 1 is 1.25 bits per heavy atom. The Balaban J connectivity index is 1.54. The quantitative estimate of drug-likeness (QED) is 0.574. The predicted octanol–water partition coefficient (Wildman–Crippen LogP) is 5.92. The predicted molar refractivity (Wildman–Crippen MR) is 127 cm³/mol. The number of benzene rings is 2. The molecular weight excluding hydrogens is 401 g/mol. The van der Waals surface area contributed by atoms with Crippen molar-refractivity contribution in [3.63, 3.8) is 0 Å². The number of halogens is 1. The third-order valence-corrected chi connectivity index (χ3v) is 6.82. The number of phenolic OH excluding ortho intramolecular Hbond substituents is 1. The number of terminal acetylenes is 1. The van der Waals surface area contributed by atoms with Crippen LogP contribution in [0.4, 0.5) is 4.39 Å². The monoisotopic (exact) mass is 433 g/mol. The van der Waals surface area contributed by atoms with Crippen LogP contribution in [0, 0.1) is 18.2 Å². The van der Waals surface area contributed by atoms with E-state index in [0.29, 0.717) is 6.54 Å². The van der Waals surface area contributed by atoms with Crippen molar-refractivity contribution in [2.24, 2.45) is 0 Å². The molecule has 0 bridgehead atoms. The van der Waals surface area contributed by atoms with E-state index in [1.807, 2.05) is 18.2 Å². The van der Waals surface area contributed by atoms with Crippen LogP contribution in [0.2, 0.25) is 0 Å². The van der Waals surface area contributed by atoms with Gasteiger partial charge in [-0.1, -0.05) is 25.0 Å². The lowest BCUT2D eigenvalue weighted by atomic mass is 9.80. The first-order valence-electron chi connectivity index (χ1n) is 11.5. The maximum atomic E-state index is 13.1. The minimum Gasteiger partial charge on any atom is -0.507 e. The Labute approximate surface area is 190 Å². The number of fused-ring (bicyclic) bond motifs is 2. The van der Waals surface area contributed by atoms with Crippen molar-refractivity contribution in [2.45, 2.75) is 58.0 Å². The van der Waals surface area contributed by atoms with Crippen LogP contribution in [0.1, 0.15) is 62.6 Å². The number of hydrogen-bond donors (Lipinski definition) is 1. The third kappa shape index (κ3) is 4.54. The van der Waals surface area contributed by atoms with E-state index in [-0.39, 0.29) is 17.5 Å². The van der Waals surface area contributed by atoms with Gasteiger partial charge in [0.15, 0.2) is 0 Å². The Hall–Kier alpha value is -2.77. The molecule has 0 aromatic heterocycles. The van der Waals surface area contributed by atoms with E-state index >= 15 is 0 Å². The van der Waals surface area contributed by atoms with Gasteiger partial charge in [-0.25, -0.2) is 4.39 Å². The second-order valence-electron chi connectivity index (χ2n) is 9.57. The number of hydrogen-bond acceptors (Lipinski definition) is 3. The fourth-order valence-electron chi connectivity index (χ4n) is 5.03. The number of nitrogens with zero attached hydrogens (tertiary/aromatic N) is 1. The molecule has 2 aliphatic heterocycles. The van der Waals surface area contributed by atoms with Gasteiger partial charge in [-0.05, 0) is 92.0 Å². The van der Waals surface area contributed by atoms with Gasteiger partial charge in [-0.15, -0.1) is 6.42 Å². The number of aromatic hydroxyl groups is 1. The van der Waals surface area contributed by atoms with Gasteiger partial charge in [-0.2, -0.15) is 0 Å². The maximum absolute atomic E-state index is 13.1. The van der Waals surface area contributed by atoms with Crippen LogP contribution in [0.5, 0.6) is 11.5 Å². The van der Waals surface area contributed by atoms with Crippen LogP contribution in [0.25, 0.3) is 5.57 Å². The van der Waals surface area contributed by atoms with E-state index in [0.717, 1.165) is 66.8 Å². The van der Waals surface area contributed by atoms with Crippen molar-refractivity contribution in [1.82, 2.24) is 4.90 Å². The molecule has 0 saturated heterocycles. The van der Waals surface area contributed by atoms with Crippen LogP contribution >= 0.6 is 0 Å². The van der Waals surface area contributed by atoms with Gasteiger partial charge in [-0.3, -0.25) is 4.90 Å². The molecule has 4 heteroatoms. The summed E-state index contributed by atoms with van der Waals surface area (Å²) in [6.45, 7) is 8.65. The average Bonchev–Trinajstić information content (AvgIpc) is 2.74. The van der Waals surface area contributed by atoms with Crippen LogP contribution in [0.15, 0.2) is 42.0 Å². The van der Waals surface area contributed by atoms with E-state index in [1.54, 1.807) is 0 Å². The smallest absolute Gasteiger partial charge is 0.132 e. The SMILES string of the molecule is C#CCN1CCC2=C(C1)c1c(O)cc([C@H](C)CCCc3ccc(F)cc3)cc1OC2(C)C. The zero-order valence-corrected chi connectivity index (χ0v) is 19.2. The molecule has 0 unspecified atom stereocenters. The summed E-state index contributed by atoms with van der Waals surface area (Å²) in [5.41, 5.74) is 5.06. The van der Waals surface area contributed by atoms with Crippen LogP contribution in [0.3, 0.4) is 0 Å². The highest BCUT2D eigenvalue weighted by Gasteiger charge is 2.39. The Morgan fingerprint density at radius 2 is 2.00 bits per heavy atom. The molecular formula is C28H32FNO2. The summed E-state index contributed by atoms with van der Waals surface area (Å²) in [5.74, 6) is 3.86. The zero-order chi connectivity index (χ0) is 22.9. The highest BCUT2D eigenvalue weighted by Crippen LogP contribution is 2.48. The first-order chi connectivity index (χ1) is 15.3. The summed E-state index contributed by atoms with van der Waals surface area (Å²) >= 11 is 0. The minimum absolute atomic E-state index is 0.201. The molecule has 1 N–H and O–H groups in total. The molecule has 3 nitrogen and oxygen atoms in total. The largest absolute Gasteiger partial charge is 0.507 e. The lowest BCUT2D eigenvalue weighted by molar-refractivity contribution is 0.131. The van der Waals surface area contributed by atoms with Gasteiger partial charge in [0.25, 0.3) is 0 Å². The van der Waals surface area contributed by atoms with Crippen LogP contribution < -0.4 is 4.74 Å². The topological polar surface area (TPSA) is 32.7 Å². The van der Waals surface area contributed by atoms with Crippen LogP contribution in [-0.2, 0) is 6.42 Å². The second-order valence-corrected chi connectivity index (χ2v) is 9.57. The first kappa shape index (κ1) is 22.4. The normalized spacial score (nSPS) is 18.3. The summed E-state index contributed by atoms with van der Waals surface area (Å²) in [7, 11) is 0. The number of phenols is 1. The van der Waals surface area contributed by atoms with Crippen molar-refractivity contribution >= 4 is 5.57 Å². The molecule has 0 spiro atoms. The zero-order valence-electron chi connectivity index (χ0n) is 19.2. The standard InChI is InChI=1S/C28H32FNO2/c1-5-14-30-15-13-24-23(18-30)27-25(31)16-21(17-26(27)32-28(24,3)4)19(2)7-6-8-20-9-11-22(29)12-10-20/h1,9-12,16-17,19,31H,6-8,13-15,18H2,2-4H3/t19-/m1/s1. The summed E-state index contributed by atoms with van der Waals surface area (Å²) in [6.07, 6.45) is 9.31. The highest BCUT2D eigenvalue weighted by molar-refractivity contribution is 5.82. The maximum Gasteiger partial charge on any atom is 0.132 e. The first-order valence-corrected chi connectivity index (χ1v) is 11.5. The van der Waals surface area contributed by atoms with Gasteiger partial charge in [0.1, 0.15) is 22.9 Å². The number of rotatable bonds is 6. The number of aryl methyl sites for hydroxylation is 1. The van der Waals surface area contributed by atoms with E-state index in [4.69, 9.17) is 11.2 Å². The molecule has 168 valence electrons. The van der Waals surface area contributed by atoms with Crippen molar-refractivity contribution in [1.29, 1.82) is 0 Å². The average molecular weight is 434 g/mol. The van der Waals surface area contributed by atoms with Crippen LogP contribution in [-0.4, -0.2) is 35.2 Å². The van der Waals surface area contributed by atoms with Crippen molar-refractivity contribution in [2.75, 3.05) is 19.6 Å². The minimum atomic E-state index is -0.401. The molecule has 0 aliphatic carbocycles. The number of ether oxygens (including phenoxy) is 1. The lowest BCUT2D eigenvalue weighted by Gasteiger charge is -2.42. The molecule has 0 saturated carbocycles.